The van der Waals surface area contributed by atoms with Crippen molar-refractivity contribution in [3.63, 3.8) is 0 Å². The fourth-order valence-electron chi connectivity index (χ4n) is 8.03. The molecular weight excluding hydrogens is 743 g/mol. The summed E-state index contributed by atoms with van der Waals surface area (Å²) in [4.78, 5) is 26.1. The number of carbonyl (C=O) groups excluding carboxylic acids is 2. The van der Waals surface area contributed by atoms with Gasteiger partial charge in [-0.2, -0.15) is 0 Å². The van der Waals surface area contributed by atoms with Gasteiger partial charge in [0.1, 0.15) is 6.10 Å². The summed E-state index contributed by atoms with van der Waals surface area (Å²) in [5.41, 5.74) is 0. The van der Waals surface area contributed by atoms with Gasteiger partial charge in [-0.15, -0.1) is 0 Å². The predicted molar refractivity (Wildman–Crippen MR) is 259 cm³/mol. The summed E-state index contributed by atoms with van der Waals surface area (Å²) < 4.78 is 5.93. The molecule has 0 saturated carbocycles. The number of aliphatic hydroxyl groups excluding tert-OH is 2. The van der Waals surface area contributed by atoms with Gasteiger partial charge in [0.05, 0.1) is 25.2 Å². The highest BCUT2D eigenvalue weighted by Crippen LogP contribution is 2.18. The quantitative estimate of drug-likeness (QED) is 0.0322. The molecule has 6 heteroatoms. The molecule has 1 amide bonds. The molecule has 0 aliphatic heterocycles. The third-order valence-electron chi connectivity index (χ3n) is 12.0. The number of hydrogen-bond donors (Lipinski definition) is 3. The van der Waals surface area contributed by atoms with Gasteiger partial charge in [-0.3, -0.25) is 9.59 Å². The summed E-state index contributed by atoms with van der Waals surface area (Å²) in [5.74, 6) is -0.484. The first-order chi connectivity index (χ1) is 29.5. The summed E-state index contributed by atoms with van der Waals surface area (Å²) in [6, 6.07) is -0.705. The number of allylic oxidation sites excluding steroid dienone is 6. The number of hydrogen-bond acceptors (Lipinski definition) is 5. The molecule has 3 N–H and O–H groups in total. The molecule has 0 aromatic heterocycles. The lowest BCUT2D eigenvalue weighted by Crippen LogP contribution is -2.46. The van der Waals surface area contributed by atoms with E-state index in [0.29, 0.717) is 19.3 Å². The van der Waals surface area contributed by atoms with E-state index in [2.05, 4.69) is 62.5 Å². The topological polar surface area (TPSA) is 95.9 Å². The zero-order valence-electron chi connectivity index (χ0n) is 40.1. The fraction of sp³-hybridized carbons (Fsp3) is 0.852. The predicted octanol–water partition coefficient (Wildman–Crippen LogP) is 15.7. The molecule has 60 heavy (non-hydrogen) atoms. The molecule has 0 heterocycles. The zero-order chi connectivity index (χ0) is 43.8. The Morgan fingerprint density at radius 2 is 0.900 bits per heavy atom. The van der Waals surface area contributed by atoms with E-state index in [-0.39, 0.29) is 24.9 Å². The first kappa shape index (κ1) is 58.1. The standard InChI is InChI=1S/C54H101NO5/c1-4-7-10-13-16-19-22-24-26-27-29-32-35-38-41-44-47-54(59)60-50(45-42-39-36-33-31-28-25-23-20-17-14-11-8-5-2)48-53(58)55-51(49-56)52(57)46-43-40-37-34-30-21-18-15-12-9-6-3/h8,11,17,20,25,28,50-52,56-57H,4-7,9-10,12-16,18-19,21-24,26-27,29-49H2,1-3H3,(H,55,58)/b11-8+,20-17+,28-25+. The van der Waals surface area contributed by atoms with Gasteiger partial charge in [0, 0.05) is 6.42 Å². The number of carbonyl (C=O) groups is 2. The summed E-state index contributed by atoms with van der Waals surface area (Å²) in [5, 5.41) is 23.7. The molecule has 0 radical (unpaired) electrons. The Bertz CT molecular complexity index is 993. The molecule has 0 aromatic rings. The van der Waals surface area contributed by atoms with Crippen molar-refractivity contribution in [2.75, 3.05) is 6.61 Å². The molecule has 352 valence electrons. The molecule has 3 atom stereocenters. The van der Waals surface area contributed by atoms with Crippen LogP contribution in [-0.4, -0.2) is 46.9 Å². The van der Waals surface area contributed by atoms with E-state index < -0.39 is 18.2 Å². The van der Waals surface area contributed by atoms with Gasteiger partial charge >= 0.3 is 5.97 Å². The average Bonchev–Trinajstić information content (AvgIpc) is 3.24. The summed E-state index contributed by atoms with van der Waals surface area (Å²) in [6.45, 7) is 6.38. The minimum absolute atomic E-state index is 0.0663. The Labute approximate surface area is 373 Å². The second-order valence-corrected chi connectivity index (χ2v) is 17.9. The van der Waals surface area contributed by atoms with Crippen molar-refractivity contribution < 1.29 is 24.5 Å². The lowest BCUT2D eigenvalue weighted by molar-refractivity contribution is -0.151. The third-order valence-corrected chi connectivity index (χ3v) is 12.0. The van der Waals surface area contributed by atoms with E-state index in [1.807, 2.05) is 0 Å². The van der Waals surface area contributed by atoms with Crippen molar-refractivity contribution in [3.05, 3.63) is 36.5 Å². The minimum atomic E-state index is -0.790. The summed E-state index contributed by atoms with van der Waals surface area (Å²) >= 11 is 0. The number of aliphatic hydroxyl groups is 2. The van der Waals surface area contributed by atoms with Crippen LogP contribution in [0.4, 0.5) is 0 Å². The van der Waals surface area contributed by atoms with E-state index >= 15 is 0 Å². The second-order valence-electron chi connectivity index (χ2n) is 17.9. The third kappa shape index (κ3) is 42.8. The highest BCUT2D eigenvalue weighted by atomic mass is 16.5. The number of amides is 1. The van der Waals surface area contributed by atoms with Crippen molar-refractivity contribution in [2.45, 2.75) is 289 Å². The van der Waals surface area contributed by atoms with Gasteiger partial charge in [-0.25, -0.2) is 0 Å². The molecule has 0 saturated heterocycles. The Kier molecular flexibility index (Phi) is 46.6. The van der Waals surface area contributed by atoms with Crippen LogP contribution in [0.25, 0.3) is 0 Å². The van der Waals surface area contributed by atoms with Crippen molar-refractivity contribution in [1.29, 1.82) is 0 Å². The minimum Gasteiger partial charge on any atom is -0.462 e. The van der Waals surface area contributed by atoms with Crippen LogP contribution < -0.4 is 5.32 Å². The number of nitrogens with one attached hydrogen (secondary N) is 1. The SMILES string of the molecule is CC/C=C/C/C=C/C/C=C/CCCCCCC(CC(=O)NC(CO)C(O)CCCCCCCCCCCCC)OC(=O)CCCCCCCCCCCCCCCCCC. The molecule has 0 rings (SSSR count). The van der Waals surface area contributed by atoms with E-state index in [4.69, 9.17) is 4.74 Å². The zero-order valence-corrected chi connectivity index (χ0v) is 40.1. The highest BCUT2D eigenvalue weighted by molar-refractivity contribution is 5.77. The van der Waals surface area contributed by atoms with E-state index in [1.54, 1.807) is 0 Å². The first-order valence-corrected chi connectivity index (χ1v) is 26.2. The lowest BCUT2D eigenvalue weighted by atomic mass is 10.0. The van der Waals surface area contributed by atoms with Crippen LogP contribution in [0.15, 0.2) is 36.5 Å². The van der Waals surface area contributed by atoms with Gasteiger partial charge in [-0.05, 0) is 57.8 Å². The Morgan fingerprint density at radius 3 is 1.37 bits per heavy atom. The fourth-order valence-corrected chi connectivity index (χ4v) is 8.03. The van der Waals surface area contributed by atoms with Crippen molar-refractivity contribution in [3.8, 4) is 0 Å². The number of unbranched alkanes of at least 4 members (excludes halogenated alkanes) is 29. The average molecular weight is 844 g/mol. The van der Waals surface area contributed by atoms with Crippen molar-refractivity contribution in [1.82, 2.24) is 5.32 Å². The van der Waals surface area contributed by atoms with Gasteiger partial charge in [0.15, 0.2) is 0 Å². The molecule has 0 aliphatic carbocycles. The van der Waals surface area contributed by atoms with Crippen LogP contribution in [0.2, 0.25) is 0 Å². The Morgan fingerprint density at radius 1 is 0.500 bits per heavy atom. The van der Waals surface area contributed by atoms with Crippen molar-refractivity contribution >= 4 is 11.9 Å². The van der Waals surface area contributed by atoms with Crippen molar-refractivity contribution in [2.24, 2.45) is 0 Å². The normalized spacial score (nSPS) is 13.5. The van der Waals surface area contributed by atoms with Crippen LogP contribution in [0.5, 0.6) is 0 Å². The Balaban J connectivity index is 4.57. The smallest absolute Gasteiger partial charge is 0.306 e. The van der Waals surface area contributed by atoms with Gasteiger partial charge in [0.2, 0.25) is 5.91 Å². The van der Waals surface area contributed by atoms with Crippen LogP contribution in [-0.2, 0) is 14.3 Å². The molecule has 3 unspecified atom stereocenters. The van der Waals surface area contributed by atoms with Gasteiger partial charge in [-0.1, -0.05) is 237 Å². The number of esters is 1. The van der Waals surface area contributed by atoms with Crippen LogP contribution in [0.3, 0.4) is 0 Å². The number of rotatable bonds is 47. The molecule has 0 aromatic carbocycles. The molecule has 0 fully saturated rings. The lowest BCUT2D eigenvalue weighted by Gasteiger charge is -2.24. The van der Waals surface area contributed by atoms with Crippen LogP contribution >= 0.6 is 0 Å². The highest BCUT2D eigenvalue weighted by Gasteiger charge is 2.24. The van der Waals surface area contributed by atoms with Gasteiger partial charge in [0.25, 0.3) is 0 Å². The maximum absolute atomic E-state index is 13.2. The summed E-state index contributed by atoms with van der Waals surface area (Å²) in [6.07, 6.45) is 56.3. The molecule has 0 spiro atoms. The Hall–Kier alpha value is -1.92. The number of ether oxygens (including phenoxy) is 1. The first-order valence-electron chi connectivity index (χ1n) is 26.2. The van der Waals surface area contributed by atoms with Crippen LogP contribution in [0.1, 0.15) is 271 Å². The molecule has 0 bridgehead atoms. The van der Waals surface area contributed by atoms with Gasteiger partial charge < -0.3 is 20.3 Å². The molecule has 6 nitrogen and oxygen atoms in total. The van der Waals surface area contributed by atoms with E-state index in [0.717, 1.165) is 89.9 Å². The maximum atomic E-state index is 13.2. The maximum Gasteiger partial charge on any atom is 0.306 e. The summed E-state index contributed by atoms with van der Waals surface area (Å²) in [7, 11) is 0. The monoisotopic (exact) mass is 844 g/mol. The largest absolute Gasteiger partial charge is 0.462 e. The van der Waals surface area contributed by atoms with E-state index in [9.17, 15) is 19.8 Å². The van der Waals surface area contributed by atoms with E-state index in [1.165, 1.54) is 135 Å². The second kappa shape index (κ2) is 48.1. The van der Waals surface area contributed by atoms with Crippen LogP contribution in [0, 0.1) is 0 Å². The molecular formula is C54H101NO5. The molecule has 0 aliphatic rings.